The third kappa shape index (κ3) is 2.55. The first kappa shape index (κ1) is 12.7. The van der Waals surface area contributed by atoms with Gasteiger partial charge in [0.2, 0.25) is 0 Å². The summed E-state index contributed by atoms with van der Waals surface area (Å²) < 4.78 is 13.7. The molecule has 0 amide bonds. The molecule has 1 saturated heterocycles. The van der Waals surface area contributed by atoms with Gasteiger partial charge in [0.15, 0.2) is 0 Å². The molecule has 0 spiro atoms. The number of hydrogen-bond donors (Lipinski definition) is 0. The molecule has 1 unspecified atom stereocenters. The highest BCUT2D eigenvalue weighted by Gasteiger charge is 2.23. The summed E-state index contributed by atoms with van der Waals surface area (Å²) in [7, 11) is 2.12. The summed E-state index contributed by atoms with van der Waals surface area (Å²) in [6.07, 6.45) is 0. The van der Waals surface area contributed by atoms with Crippen LogP contribution < -0.4 is 4.90 Å². The molecular formula is C13H18ClFN2. The van der Waals surface area contributed by atoms with Gasteiger partial charge in [0.25, 0.3) is 0 Å². The van der Waals surface area contributed by atoms with Gasteiger partial charge >= 0.3 is 0 Å². The fourth-order valence-electron chi connectivity index (χ4n) is 2.24. The number of rotatable bonds is 2. The Morgan fingerprint density at radius 1 is 1.41 bits per heavy atom. The standard InChI is InChI=1S/C13H18ClFN2/c1-10-9-17(7-6-16(10)2)13-5-3-4-12(15)11(13)8-14/h3-5,10H,6-9H2,1-2H3. The van der Waals surface area contributed by atoms with Gasteiger partial charge in [-0.25, -0.2) is 4.39 Å². The first-order valence-electron chi connectivity index (χ1n) is 5.92. The lowest BCUT2D eigenvalue weighted by Crippen LogP contribution is -2.50. The first-order chi connectivity index (χ1) is 8.13. The molecule has 1 atom stereocenters. The lowest BCUT2D eigenvalue weighted by Gasteiger charge is -2.39. The van der Waals surface area contributed by atoms with Crippen molar-refractivity contribution >= 4 is 17.3 Å². The molecule has 1 aliphatic heterocycles. The Labute approximate surface area is 107 Å². The van der Waals surface area contributed by atoms with Crippen molar-refractivity contribution in [2.24, 2.45) is 0 Å². The maximum Gasteiger partial charge on any atom is 0.129 e. The number of alkyl halides is 1. The second-order valence-corrected chi connectivity index (χ2v) is 4.91. The van der Waals surface area contributed by atoms with E-state index in [1.54, 1.807) is 6.07 Å². The molecule has 1 heterocycles. The molecule has 0 bridgehead atoms. The van der Waals surface area contributed by atoms with E-state index in [1.807, 2.05) is 6.07 Å². The van der Waals surface area contributed by atoms with E-state index in [4.69, 9.17) is 11.6 Å². The van der Waals surface area contributed by atoms with Gasteiger partial charge in [-0.3, -0.25) is 0 Å². The van der Waals surface area contributed by atoms with Crippen molar-refractivity contribution in [3.8, 4) is 0 Å². The zero-order valence-electron chi connectivity index (χ0n) is 10.3. The molecule has 94 valence electrons. The minimum atomic E-state index is -0.205. The van der Waals surface area contributed by atoms with Crippen molar-refractivity contribution in [1.29, 1.82) is 0 Å². The zero-order valence-corrected chi connectivity index (χ0v) is 11.0. The molecule has 2 nitrogen and oxygen atoms in total. The average Bonchev–Trinajstić information content (AvgIpc) is 2.32. The van der Waals surface area contributed by atoms with Crippen LogP contribution in [0.25, 0.3) is 0 Å². The maximum atomic E-state index is 13.7. The van der Waals surface area contributed by atoms with E-state index in [0.29, 0.717) is 11.6 Å². The zero-order chi connectivity index (χ0) is 12.4. The molecule has 1 aliphatic rings. The first-order valence-corrected chi connectivity index (χ1v) is 6.45. The third-order valence-corrected chi connectivity index (χ3v) is 3.80. The van der Waals surface area contributed by atoms with Gasteiger partial charge < -0.3 is 9.80 Å². The van der Waals surface area contributed by atoms with Crippen molar-refractivity contribution in [2.45, 2.75) is 18.8 Å². The molecule has 0 N–H and O–H groups in total. The van der Waals surface area contributed by atoms with E-state index in [0.717, 1.165) is 25.3 Å². The molecule has 0 saturated carbocycles. The lowest BCUT2D eigenvalue weighted by molar-refractivity contribution is 0.234. The van der Waals surface area contributed by atoms with E-state index in [1.165, 1.54) is 6.07 Å². The summed E-state index contributed by atoms with van der Waals surface area (Å²) in [6.45, 7) is 5.03. The van der Waals surface area contributed by atoms with Gasteiger partial charge in [-0.15, -0.1) is 11.6 Å². The number of piperazine rings is 1. The summed E-state index contributed by atoms with van der Waals surface area (Å²) in [5, 5.41) is 0. The molecule has 1 aromatic carbocycles. The number of anilines is 1. The normalized spacial score (nSPS) is 21.9. The quantitative estimate of drug-likeness (QED) is 0.751. The number of nitrogens with zero attached hydrogens (tertiary/aromatic N) is 2. The van der Waals surface area contributed by atoms with E-state index in [-0.39, 0.29) is 11.7 Å². The number of benzene rings is 1. The number of hydrogen-bond acceptors (Lipinski definition) is 2. The summed E-state index contributed by atoms with van der Waals surface area (Å²) in [5.41, 5.74) is 1.56. The number of halogens is 2. The molecule has 1 fully saturated rings. The fourth-order valence-corrected chi connectivity index (χ4v) is 2.51. The second kappa shape index (κ2) is 5.23. The minimum Gasteiger partial charge on any atom is -0.368 e. The fraction of sp³-hybridized carbons (Fsp3) is 0.538. The van der Waals surface area contributed by atoms with Crippen LogP contribution in [0.15, 0.2) is 18.2 Å². The summed E-state index contributed by atoms with van der Waals surface area (Å²) >= 11 is 5.84. The maximum absolute atomic E-state index is 13.7. The van der Waals surface area contributed by atoms with E-state index in [2.05, 4.69) is 23.8 Å². The topological polar surface area (TPSA) is 6.48 Å². The smallest absolute Gasteiger partial charge is 0.129 e. The largest absolute Gasteiger partial charge is 0.368 e. The molecule has 0 aromatic heterocycles. The van der Waals surface area contributed by atoms with Crippen LogP contribution in [-0.2, 0) is 5.88 Å². The van der Waals surface area contributed by atoms with Crippen LogP contribution in [0.1, 0.15) is 12.5 Å². The average molecular weight is 257 g/mol. The molecule has 0 aliphatic carbocycles. The molecule has 17 heavy (non-hydrogen) atoms. The number of likely N-dealkylation sites (N-methyl/N-ethyl adjacent to an activating group) is 1. The van der Waals surface area contributed by atoms with Gasteiger partial charge in [-0.1, -0.05) is 6.07 Å². The van der Waals surface area contributed by atoms with Gasteiger partial charge in [-0.2, -0.15) is 0 Å². The van der Waals surface area contributed by atoms with Crippen LogP contribution in [0.2, 0.25) is 0 Å². The van der Waals surface area contributed by atoms with Crippen molar-refractivity contribution in [2.75, 3.05) is 31.6 Å². The van der Waals surface area contributed by atoms with Gasteiger partial charge in [0.1, 0.15) is 5.82 Å². The van der Waals surface area contributed by atoms with E-state index in [9.17, 15) is 4.39 Å². The third-order valence-electron chi connectivity index (χ3n) is 3.53. The van der Waals surface area contributed by atoms with Crippen molar-refractivity contribution in [3.05, 3.63) is 29.6 Å². The van der Waals surface area contributed by atoms with E-state index >= 15 is 0 Å². The molecule has 2 rings (SSSR count). The summed E-state index contributed by atoms with van der Waals surface area (Å²) in [4.78, 5) is 4.54. The molecule has 1 aromatic rings. The highest BCUT2D eigenvalue weighted by molar-refractivity contribution is 6.17. The lowest BCUT2D eigenvalue weighted by atomic mass is 10.1. The predicted molar refractivity (Wildman–Crippen MR) is 70.3 cm³/mol. The van der Waals surface area contributed by atoms with Crippen LogP contribution in [-0.4, -0.2) is 37.6 Å². The van der Waals surface area contributed by atoms with Crippen LogP contribution in [0.3, 0.4) is 0 Å². The van der Waals surface area contributed by atoms with Crippen molar-refractivity contribution in [3.63, 3.8) is 0 Å². The molecular weight excluding hydrogens is 239 g/mol. The Balaban J connectivity index is 2.25. The van der Waals surface area contributed by atoms with Gasteiger partial charge in [0.05, 0.1) is 5.88 Å². The SMILES string of the molecule is CC1CN(c2cccc(F)c2CCl)CCN1C. The van der Waals surface area contributed by atoms with Crippen LogP contribution in [0.4, 0.5) is 10.1 Å². The Kier molecular flexibility index (Phi) is 3.89. The van der Waals surface area contributed by atoms with Crippen LogP contribution in [0.5, 0.6) is 0 Å². The Morgan fingerprint density at radius 3 is 2.82 bits per heavy atom. The Bertz CT molecular complexity index is 397. The highest BCUT2D eigenvalue weighted by Crippen LogP contribution is 2.26. The highest BCUT2D eigenvalue weighted by atomic mass is 35.5. The molecule has 0 radical (unpaired) electrons. The van der Waals surface area contributed by atoms with Crippen molar-refractivity contribution < 1.29 is 4.39 Å². The summed E-state index contributed by atoms with van der Waals surface area (Å²) in [5.74, 6) is 0.0204. The second-order valence-electron chi connectivity index (χ2n) is 4.65. The van der Waals surface area contributed by atoms with Crippen LogP contribution >= 0.6 is 11.6 Å². The Morgan fingerprint density at radius 2 is 2.18 bits per heavy atom. The minimum absolute atomic E-state index is 0.205. The molecule has 4 heteroatoms. The van der Waals surface area contributed by atoms with Gasteiger partial charge in [-0.05, 0) is 26.1 Å². The van der Waals surface area contributed by atoms with Crippen LogP contribution in [0, 0.1) is 5.82 Å². The van der Waals surface area contributed by atoms with Crippen molar-refractivity contribution in [1.82, 2.24) is 4.90 Å². The monoisotopic (exact) mass is 256 g/mol. The Hall–Kier alpha value is -0.800. The van der Waals surface area contributed by atoms with Gasteiger partial charge in [0, 0.05) is 36.9 Å². The summed E-state index contributed by atoms with van der Waals surface area (Å²) in [6, 6.07) is 5.67. The van der Waals surface area contributed by atoms with E-state index < -0.39 is 0 Å². The predicted octanol–water partition coefficient (Wildman–Crippen LogP) is 2.70.